The molecule has 182 valence electrons. The van der Waals surface area contributed by atoms with Crippen molar-refractivity contribution in [1.82, 2.24) is 20.3 Å². The summed E-state index contributed by atoms with van der Waals surface area (Å²) < 4.78 is 9.94. The summed E-state index contributed by atoms with van der Waals surface area (Å²) in [4.78, 5) is 49.5. The Morgan fingerprint density at radius 2 is 1.94 bits per heavy atom. The Bertz CT molecular complexity index is 1140. The van der Waals surface area contributed by atoms with Crippen LogP contribution < -0.4 is 11.1 Å². The van der Waals surface area contributed by atoms with Gasteiger partial charge in [-0.15, -0.1) is 11.3 Å². The maximum absolute atomic E-state index is 12.7. The van der Waals surface area contributed by atoms with E-state index in [-0.39, 0.29) is 32.0 Å². The summed E-state index contributed by atoms with van der Waals surface area (Å²) in [6.07, 6.45) is 5.87. The number of nitrogens with one attached hydrogen (secondary N) is 2. The minimum absolute atomic E-state index is 0.0106. The number of nitrogens with zero attached hydrogens (tertiary/aromatic N) is 2. The predicted molar refractivity (Wildman–Crippen MR) is 128 cm³/mol. The molecule has 0 saturated heterocycles. The van der Waals surface area contributed by atoms with Gasteiger partial charge in [-0.05, 0) is 57.2 Å². The standard InChI is InChI=1S/C23H29N5O5S/c1-3-32-18(29)11-9-16(23(31)33-4-2)28-22(30)17-10-8-15(34-17)7-5-6-14-12-25-21-19(14)20(24)26-13-27-21/h8,10,12-13,16H,3-7,9,11H2,1-2H3,(H,28,30)(H3,24,25,26,27)/t16-/m0/s1. The van der Waals surface area contributed by atoms with Crippen molar-refractivity contribution >= 4 is 46.0 Å². The first-order valence-corrected chi connectivity index (χ1v) is 12.0. The molecule has 3 aromatic heterocycles. The predicted octanol–water partition coefficient (Wildman–Crippen LogP) is 2.78. The van der Waals surface area contributed by atoms with Crippen molar-refractivity contribution < 1.29 is 23.9 Å². The number of hydrogen-bond acceptors (Lipinski definition) is 9. The van der Waals surface area contributed by atoms with E-state index in [9.17, 15) is 14.4 Å². The highest BCUT2D eigenvalue weighted by Gasteiger charge is 2.24. The molecule has 0 radical (unpaired) electrons. The summed E-state index contributed by atoms with van der Waals surface area (Å²) in [5.74, 6) is -0.915. The van der Waals surface area contributed by atoms with Crippen molar-refractivity contribution in [2.24, 2.45) is 0 Å². The number of H-pyrrole nitrogens is 1. The molecule has 0 bridgehead atoms. The fourth-order valence-electron chi connectivity index (χ4n) is 3.55. The summed E-state index contributed by atoms with van der Waals surface area (Å²) in [6.45, 7) is 3.84. The molecule has 1 atom stereocenters. The molecule has 0 aliphatic heterocycles. The quantitative estimate of drug-likeness (QED) is 0.330. The number of esters is 2. The Balaban J connectivity index is 1.56. The molecule has 0 aromatic carbocycles. The van der Waals surface area contributed by atoms with Gasteiger partial charge >= 0.3 is 11.9 Å². The van der Waals surface area contributed by atoms with E-state index in [2.05, 4.69) is 20.3 Å². The minimum Gasteiger partial charge on any atom is -0.466 e. The molecule has 0 aliphatic rings. The van der Waals surface area contributed by atoms with E-state index in [1.807, 2.05) is 12.3 Å². The minimum atomic E-state index is -0.919. The first-order valence-electron chi connectivity index (χ1n) is 11.2. The Morgan fingerprint density at radius 1 is 1.15 bits per heavy atom. The smallest absolute Gasteiger partial charge is 0.328 e. The number of hydrogen-bond donors (Lipinski definition) is 3. The van der Waals surface area contributed by atoms with Gasteiger partial charge in [0, 0.05) is 17.5 Å². The fourth-order valence-corrected chi connectivity index (χ4v) is 4.51. The molecule has 0 saturated carbocycles. The molecule has 10 nitrogen and oxygen atoms in total. The van der Waals surface area contributed by atoms with Gasteiger partial charge in [-0.1, -0.05) is 0 Å². The lowest BCUT2D eigenvalue weighted by atomic mass is 10.1. The second kappa shape index (κ2) is 12.1. The van der Waals surface area contributed by atoms with E-state index in [1.165, 1.54) is 17.7 Å². The zero-order valence-electron chi connectivity index (χ0n) is 19.3. The van der Waals surface area contributed by atoms with Crippen LogP contribution in [0.5, 0.6) is 0 Å². The second-order valence-electron chi connectivity index (χ2n) is 7.54. The lowest BCUT2D eigenvalue weighted by Crippen LogP contribution is -2.42. The zero-order valence-corrected chi connectivity index (χ0v) is 20.1. The number of fused-ring (bicyclic) bond motifs is 1. The molecule has 3 aromatic rings. The van der Waals surface area contributed by atoms with Gasteiger partial charge in [-0.25, -0.2) is 14.8 Å². The number of amides is 1. The molecule has 0 spiro atoms. The third kappa shape index (κ3) is 6.53. The number of nitrogens with two attached hydrogens (primary N) is 1. The van der Waals surface area contributed by atoms with E-state index in [0.717, 1.165) is 40.7 Å². The number of carbonyl (C=O) groups excluding carboxylic acids is 3. The molecule has 0 fully saturated rings. The van der Waals surface area contributed by atoms with Gasteiger partial charge in [0.15, 0.2) is 0 Å². The molecule has 3 rings (SSSR count). The van der Waals surface area contributed by atoms with Crippen LogP contribution in [0.2, 0.25) is 0 Å². The average molecular weight is 488 g/mol. The first kappa shape index (κ1) is 25.2. The lowest BCUT2D eigenvalue weighted by Gasteiger charge is -2.16. The van der Waals surface area contributed by atoms with Crippen molar-refractivity contribution in [3.05, 3.63) is 40.0 Å². The maximum atomic E-state index is 12.7. The van der Waals surface area contributed by atoms with Crippen LogP contribution in [0.4, 0.5) is 5.82 Å². The number of anilines is 1. The van der Waals surface area contributed by atoms with Gasteiger partial charge in [0.25, 0.3) is 5.91 Å². The number of ether oxygens (including phenoxy) is 2. The number of carbonyl (C=O) groups is 3. The molecule has 0 aliphatic carbocycles. The molecule has 0 unspecified atom stereocenters. The number of rotatable bonds is 12. The van der Waals surface area contributed by atoms with Gasteiger partial charge in [0.2, 0.25) is 0 Å². The lowest BCUT2D eigenvalue weighted by molar-refractivity contribution is -0.146. The third-order valence-electron chi connectivity index (χ3n) is 5.15. The Labute approximate surface area is 201 Å². The molecule has 34 heavy (non-hydrogen) atoms. The van der Waals surface area contributed by atoms with Gasteiger partial charge in [-0.2, -0.15) is 0 Å². The van der Waals surface area contributed by atoms with Gasteiger partial charge in [0.05, 0.1) is 23.5 Å². The largest absolute Gasteiger partial charge is 0.466 e. The summed E-state index contributed by atoms with van der Waals surface area (Å²) in [7, 11) is 0. The highest BCUT2D eigenvalue weighted by molar-refractivity contribution is 7.14. The van der Waals surface area contributed by atoms with Crippen molar-refractivity contribution in [1.29, 1.82) is 0 Å². The molecule has 3 heterocycles. The monoisotopic (exact) mass is 487 g/mol. The van der Waals surface area contributed by atoms with Crippen LogP contribution >= 0.6 is 11.3 Å². The van der Waals surface area contributed by atoms with E-state index in [1.54, 1.807) is 19.9 Å². The van der Waals surface area contributed by atoms with Crippen LogP contribution in [-0.2, 0) is 31.9 Å². The topological polar surface area (TPSA) is 149 Å². The Morgan fingerprint density at radius 3 is 2.71 bits per heavy atom. The van der Waals surface area contributed by atoms with Crippen LogP contribution in [0.1, 0.15) is 53.2 Å². The highest BCUT2D eigenvalue weighted by Crippen LogP contribution is 2.24. The zero-order chi connectivity index (χ0) is 24.5. The average Bonchev–Trinajstić information content (AvgIpc) is 3.45. The number of nitrogen functional groups attached to an aromatic ring is 1. The van der Waals surface area contributed by atoms with Crippen LogP contribution in [0.3, 0.4) is 0 Å². The van der Waals surface area contributed by atoms with E-state index in [0.29, 0.717) is 10.7 Å². The van der Waals surface area contributed by atoms with E-state index < -0.39 is 18.0 Å². The van der Waals surface area contributed by atoms with Crippen molar-refractivity contribution in [3.8, 4) is 0 Å². The molecular formula is C23H29N5O5S. The molecule has 11 heteroatoms. The van der Waals surface area contributed by atoms with Crippen LogP contribution in [-0.4, -0.2) is 52.1 Å². The number of aromatic amines is 1. The first-order chi connectivity index (χ1) is 16.4. The summed E-state index contributed by atoms with van der Waals surface area (Å²) in [6, 6.07) is 2.72. The van der Waals surface area contributed by atoms with Crippen molar-refractivity contribution in [2.45, 2.75) is 52.0 Å². The molecular weight excluding hydrogens is 458 g/mol. The summed E-state index contributed by atoms with van der Waals surface area (Å²) in [5.41, 5.74) is 7.76. The van der Waals surface area contributed by atoms with E-state index in [4.69, 9.17) is 15.2 Å². The number of aryl methyl sites for hydroxylation is 2. The van der Waals surface area contributed by atoms with Gasteiger partial charge < -0.3 is 25.5 Å². The molecule has 4 N–H and O–H groups in total. The molecule has 1 amide bonds. The van der Waals surface area contributed by atoms with Gasteiger partial charge in [-0.3, -0.25) is 9.59 Å². The maximum Gasteiger partial charge on any atom is 0.328 e. The highest BCUT2D eigenvalue weighted by atomic mass is 32.1. The third-order valence-corrected chi connectivity index (χ3v) is 6.30. The van der Waals surface area contributed by atoms with Gasteiger partial charge in [0.1, 0.15) is 23.8 Å². The normalized spacial score (nSPS) is 11.8. The summed E-state index contributed by atoms with van der Waals surface area (Å²) >= 11 is 1.37. The van der Waals surface area contributed by atoms with Crippen LogP contribution in [0, 0.1) is 0 Å². The van der Waals surface area contributed by atoms with Crippen LogP contribution in [0.25, 0.3) is 11.0 Å². The number of aromatic nitrogens is 3. The Kier molecular flexibility index (Phi) is 8.97. The fraction of sp³-hybridized carbons (Fsp3) is 0.435. The van der Waals surface area contributed by atoms with Crippen LogP contribution in [0.15, 0.2) is 24.7 Å². The summed E-state index contributed by atoms with van der Waals surface area (Å²) in [5, 5.41) is 3.54. The Hall–Kier alpha value is -3.47. The SMILES string of the molecule is CCOC(=O)CC[C@H](NC(=O)c1ccc(CCCc2c[nH]c3ncnc(N)c23)s1)C(=O)OCC. The van der Waals surface area contributed by atoms with E-state index >= 15 is 0 Å². The second-order valence-corrected chi connectivity index (χ2v) is 8.71. The number of thiophene rings is 1. The van der Waals surface area contributed by atoms with Crippen molar-refractivity contribution in [2.75, 3.05) is 18.9 Å². The van der Waals surface area contributed by atoms with Crippen molar-refractivity contribution in [3.63, 3.8) is 0 Å².